The molecule has 1 saturated heterocycles. The van der Waals surface area contributed by atoms with E-state index >= 15 is 0 Å². The maximum absolute atomic E-state index is 13.1. The van der Waals surface area contributed by atoms with Gasteiger partial charge in [-0.05, 0) is 49.9 Å². The van der Waals surface area contributed by atoms with E-state index in [1.807, 2.05) is 36.1 Å². The Kier molecular flexibility index (Phi) is 6.86. The third-order valence-electron chi connectivity index (χ3n) is 6.47. The third-order valence-corrected chi connectivity index (χ3v) is 8.28. The molecule has 1 fully saturated rings. The smallest absolute Gasteiger partial charge is 0.242 e. The second-order valence-corrected chi connectivity index (χ2v) is 10.9. The number of carbonyl (C=O) groups excluding carboxylic acids is 1. The highest BCUT2D eigenvalue weighted by Crippen LogP contribution is 2.25. The van der Waals surface area contributed by atoms with Crippen LogP contribution < -0.4 is 0 Å². The summed E-state index contributed by atoms with van der Waals surface area (Å²) in [7, 11) is -0.487. The molecule has 0 spiro atoms. The topological polar surface area (TPSA) is 75.5 Å². The average molecular weight is 469 g/mol. The maximum Gasteiger partial charge on any atom is 0.242 e. The fourth-order valence-electron chi connectivity index (χ4n) is 4.70. The van der Waals surface area contributed by atoms with Gasteiger partial charge in [-0.25, -0.2) is 17.7 Å². The van der Waals surface area contributed by atoms with E-state index in [9.17, 15) is 13.2 Å². The van der Waals surface area contributed by atoms with E-state index in [-0.39, 0.29) is 16.8 Å². The fourth-order valence-corrected chi connectivity index (χ4v) is 5.62. The molecule has 33 heavy (non-hydrogen) atoms. The number of aromatic nitrogens is 2. The molecule has 0 aliphatic carbocycles. The maximum atomic E-state index is 13.1. The van der Waals surface area contributed by atoms with Gasteiger partial charge < -0.3 is 9.47 Å². The van der Waals surface area contributed by atoms with Crippen molar-refractivity contribution in [3.05, 3.63) is 59.9 Å². The number of benzene rings is 2. The highest BCUT2D eigenvalue weighted by atomic mass is 32.2. The number of likely N-dealkylation sites (tertiary alicyclic amines) is 1. The molecular weight excluding hydrogens is 436 g/mol. The highest BCUT2D eigenvalue weighted by Gasteiger charge is 2.29. The minimum atomic E-state index is -3.52. The van der Waals surface area contributed by atoms with Gasteiger partial charge >= 0.3 is 0 Å². The van der Waals surface area contributed by atoms with Crippen LogP contribution in [0.1, 0.15) is 37.6 Å². The van der Waals surface area contributed by atoms with Crippen LogP contribution in [-0.2, 0) is 34.2 Å². The lowest BCUT2D eigenvalue weighted by molar-refractivity contribution is -0.132. The van der Waals surface area contributed by atoms with Crippen LogP contribution in [0.5, 0.6) is 0 Å². The van der Waals surface area contributed by atoms with Gasteiger partial charge in [-0.15, -0.1) is 0 Å². The van der Waals surface area contributed by atoms with Crippen LogP contribution in [0.3, 0.4) is 0 Å². The number of sulfonamides is 1. The molecule has 8 heteroatoms. The van der Waals surface area contributed by atoms with Crippen LogP contribution in [0, 0.1) is 0 Å². The first-order valence-electron chi connectivity index (χ1n) is 11.6. The lowest BCUT2D eigenvalue weighted by atomic mass is 10.0. The van der Waals surface area contributed by atoms with Gasteiger partial charge in [-0.1, -0.05) is 30.3 Å². The zero-order valence-electron chi connectivity index (χ0n) is 19.6. The van der Waals surface area contributed by atoms with Crippen LogP contribution >= 0.6 is 0 Å². The Morgan fingerprint density at radius 2 is 1.91 bits per heavy atom. The van der Waals surface area contributed by atoms with Crippen LogP contribution in [-0.4, -0.2) is 59.8 Å². The van der Waals surface area contributed by atoms with Crippen molar-refractivity contribution in [2.45, 2.75) is 56.5 Å². The van der Waals surface area contributed by atoms with E-state index in [0.717, 1.165) is 37.1 Å². The Bertz CT molecular complexity index is 1240. The van der Waals surface area contributed by atoms with Crippen LogP contribution in [0.25, 0.3) is 11.0 Å². The van der Waals surface area contributed by atoms with Gasteiger partial charge in [-0.3, -0.25) is 4.79 Å². The molecule has 1 unspecified atom stereocenters. The molecule has 0 bridgehead atoms. The zero-order chi connectivity index (χ0) is 23.6. The Morgan fingerprint density at radius 3 is 2.61 bits per heavy atom. The quantitative estimate of drug-likeness (QED) is 0.507. The second kappa shape index (κ2) is 9.65. The number of aryl methyl sites for hydroxylation is 2. The van der Waals surface area contributed by atoms with Crippen LogP contribution in [0.4, 0.5) is 0 Å². The summed E-state index contributed by atoms with van der Waals surface area (Å²) in [5.41, 5.74) is 2.80. The van der Waals surface area contributed by atoms with Gasteiger partial charge in [-0.2, -0.15) is 0 Å². The van der Waals surface area contributed by atoms with Gasteiger partial charge in [0.05, 0.1) is 15.9 Å². The van der Waals surface area contributed by atoms with Crippen molar-refractivity contribution in [3.63, 3.8) is 0 Å². The van der Waals surface area contributed by atoms with Crippen molar-refractivity contribution >= 4 is 27.0 Å². The summed E-state index contributed by atoms with van der Waals surface area (Å²) in [6, 6.07) is 15.6. The van der Waals surface area contributed by atoms with Gasteiger partial charge in [0, 0.05) is 46.1 Å². The summed E-state index contributed by atoms with van der Waals surface area (Å²) < 4.78 is 28.3. The van der Waals surface area contributed by atoms with Crippen molar-refractivity contribution in [3.8, 4) is 0 Å². The van der Waals surface area contributed by atoms with E-state index in [4.69, 9.17) is 4.98 Å². The minimum absolute atomic E-state index is 0.166. The van der Waals surface area contributed by atoms with Crippen LogP contribution in [0.2, 0.25) is 0 Å². The molecule has 1 aliphatic heterocycles. The first kappa shape index (κ1) is 23.4. The molecule has 1 aromatic heterocycles. The Morgan fingerprint density at radius 1 is 1.15 bits per heavy atom. The van der Waals surface area contributed by atoms with Gasteiger partial charge in [0.25, 0.3) is 0 Å². The molecule has 0 radical (unpaired) electrons. The molecule has 0 saturated carbocycles. The van der Waals surface area contributed by atoms with E-state index in [2.05, 4.69) is 16.7 Å². The molecule has 3 aromatic rings. The van der Waals surface area contributed by atoms with E-state index in [1.165, 1.54) is 24.0 Å². The Labute approximate surface area is 196 Å². The molecular formula is C25H32N4O3S. The first-order valence-corrected chi connectivity index (χ1v) is 13.0. The van der Waals surface area contributed by atoms with Crippen molar-refractivity contribution in [1.82, 2.24) is 18.8 Å². The van der Waals surface area contributed by atoms with E-state index in [1.54, 1.807) is 12.1 Å². The summed E-state index contributed by atoms with van der Waals surface area (Å²) in [5, 5.41) is 0. The zero-order valence-corrected chi connectivity index (χ0v) is 20.4. The summed E-state index contributed by atoms with van der Waals surface area (Å²) in [5.74, 6) is 0.984. The van der Waals surface area contributed by atoms with Crippen molar-refractivity contribution in [2.75, 3.05) is 20.6 Å². The summed E-state index contributed by atoms with van der Waals surface area (Å²) in [6.45, 7) is 3.56. The molecule has 1 atom stereocenters. The standard InChI is InChI=1S/C25H32N4O3S/c1-4-28-23-13-12-21(33(31,32)27(2)3)18-22(23)26-24(28)14-15-25(30)29-16-8-11-20(29)17-19-9-6-5-7-10-19/h5-7,9-10,12-13,18,20H,4,8,11,14-17H2,1-3H3. The van der Waals surface area contributed by atoms with Crippen LogP contribution in [0.15, 0.2) is 53.4 Å². The predicted octanol–water partition coefficient (Wildman–Crippen LogP) is 3.47. The number of carbonyl (C=O) groups is 1. The molecule has 1 amide bonds. The molecule has 0 N–H and O–H groups in total. The summed E-state index contributed by atoms with van der Waals surface area (Å²) in [4.78, 5) is 20.1. The SMILES string of the molecule is CCn1c(CCC(=O)N2CCCC2Cc2ccccc2)nc2cc(S(=O)(=O)N(C)C)ccc21. The van der Waals surface area contributed by atoms with Gasteiger partial charge in [0.15, 0.2) is 0 Å². The largest absolute Gasteiger partial charge is 0.339 e. The van der Waals surface area contributed by atoms with Gasteiger partial charge in [0.1, 0.15) is 5.82 Å². The molecule has 4 rings (SSSR count). The lowest BCUT2D eigenvalue weighted by Gasteiger charge is -2.25. The molecule has 2 aromatic carbocycles. The Balaban J connectivity index is 1.49. The fraction of sp³-hybridized carbons (Fsp3) is 0.440. The number of hydrogen-bond acceptors (Lipinski definition) is 4. The van der Waals surface area contributed by atoms with E-state index in [0.29, 0.717) is 24.9 Å². The average Bonchev–Trinajstić information content (AvgIpc) is 3.41. The minimum Gasteiger partial charge on any atom is -0.339 e. The molecule has 2 heterocycles. The Hall–Kier alpha value is -2.71. The number of nitrogens with zero attached hydrogens (tertiary/aromatic N) is 4. The second-order valence-electron chi connectivity index (χ2n) is 8.78. The number of imidazole rings is 1. The molecule has 1 aliphatic rings. The third kappa shape index (κ3) is 4.82. The predicted molar refractivity (Wildman–Crippen MR) is 129 cm³/mol. The van der Waals surface area contributed by atoms with Crippen molar-refractivity contribution in [1.29, 1.82) is 0 Å². The number of fused-ring (bicyclic) bond motifs is 1. The normalized spacial score (nSPS) is 16.7. The monoisotopic (exact) mass is 468 g/mol. The molecule has 7 nitrogen and oxygen atoms in total. The van der Waals surface area contributed by atoms with E-state index < -0.39 is 10.0 Å². The summed E-state index contributed by atoms with van der Waals surface area (Å²) >= 11 is 0. The summed E-state index contributed by atoms with van der Waals surface area (Å²) in [6.07, 6.45) is 3.91. The number of rotatable bonds is 8. The highest BCUT2D eigenvalue weighted by molar-refractivity contribution is 7.89. The first-order chi connectivity index (χ1) is 15.8. The van der Waals surface area contributed by atoms with Crippen molar-refractivity contribution < 1.29 is 13.2 Å². The number of hydrogen-bond donors (Lipinski definition) is 0. The van der Waals surface area contributed by atoms with Crippen molar-refractivity contribution in [2.24, 2.45) is 0 Å². The van der Waals surface area contributed by atoms with Gasteiger partial charge in [0.2, 0.25) is 15.9 Å². The lowest BCUT2D eigenvalue weighted by Crippen LogP contribution is -2.37. The number of amides is 1. The molecule has 176 valence electrons.